The van der Waals surface area contributed by atoms with Gasteiger partial charge in [0, 0.05) is 25.2 Å². The van der Waals surface area contributed by atoms with Crippen LogP contribution in [0.1, 0.15) is 17.3 Å². The number of nitrogens with one attached hydrogen (secondary N) is 1. The van der Waals surface area contributed by atoms with Crippen molar-refractivity contribution >= 4 is 15.9 Å². The predicted molar refractivity (Wildman–Crippen MR) is 63.4 cm³/mol. The molecule has 1 unspecified atom stereocenters. The van der Waals surface area contributed by atoms with Crippen molar-refractivity contribution in [1.29, 1.82) is 0 Å². The summed E-state index contributed by atoms with van der Waals surface area (Å²) < 4.78 is 7.66. The van der Waals surface area contributed by atoms with Crippen molar-refractivity contribution in [3.05, 3.63) is 40.5 Å². The van der Waals surface area contributed by atoms with Crippen LogP contribution in [-0.2, 0) is 13.5 Å². The van der Waals surface area contributed by atoms with Gasteiger partial charge < -0.3 is 4.42 Å². The molecule has 2 heterocycles. The van der Waals surface area contributed by atoms with Crippen molar-refractivity contribution in [2.75, 3.05) is 0 Å². The van der Waals surface area contributed by atoms with Gasteiger partial charge >= 0.3 is 0 Å². The zero-order chi connectivity index (χ0) is 11.5. The Hall–Kier alpha value is -1.11. The Bertz CT molecular complexity index is 465. The first kappa shape index (κ1) is 11.4. The highest BCUT2D eigenvalue weighted by atomic mass is 79.9. The van der Waals surface area contributed by atoms with Crippen LogP contribution >= 0.6 is 15.9 Å². The van der Waals surface area contributed by atoms with Gasteiger partial charge in [0.05, 0.1) is 18.0 Å². The molecule has 16 heavy (non-hydrogen) atoms. The highest BCUT2D eigenvalue weighted by Crippen LogP contribution is 2.26. The molecule has 0 saturated heterocycles. The smallest absolute Gasteiger partial charge is 0.173 e. The summed E-state index contributed by atoms with van der Waals surface area (Å²) in [7, 11) is 1.89. The minimum Gasteiger partial charge on any atom is -0.457 e. The lowest BCUT2D eigenvalue weighted by molar-refractivity contribution is 0.503. The van der Waals surface area contributed by atoms with E-state index in [1.807, 2.05) is 25.4 Å². The third kappa shape index (κ3) is 2.34. The molecule has 6 heteroatoms. The fourth-order valence-corrected chi connectivity index (χ4v) is 2.11. The maximum Gasteiger partial charge on any atom is 0.173 e. The standard InChI is InChI=1S/C10H13BrN4O/c1-15-4-2-7(14-15)6-9(13-12)8-3-5-16-10(8)11/h2-5,9,13H,6,12H2,1H3. The molecule has 0 radical (unpaired) electrons. The molecule has 86 valence electrons. The van der Waals surface area contributed by atoms with Crippen LogP contribution in [0.15, 0.2) is 33.7 Å². The summed E-state index contributed by atoms with van der Waals surface area (Å²) in [6.45, 7) is 0. The van der Waals surface area contributed by atoms with Crippen LogP contribution in [0.3, 0.4) is 0 Å². The van der Waals surface area contributed by atoms with Gasteiger partial charge in [0.1, 0.15) is 0 Å². The zero-order valence-electron chi connectivity index (χ0n) is 8.85. The third-order valence-corrected chi connectivity index (χ3v) is 3.05. The van der Waals surface area contributed by atoms with E-state index in [4.69, 9.17) is 10.3 Å². The van der Waals surface area contributed by atoms with Crippen molar-refractivity contribution in [3.63, 3.8) is 0 Å². The number of aromatic nitrogens is 2. The van der Waals surface area contributed by atoms with Crippen LogP contribution in [-0.4, -0.2) is 9.78 Å². The molecule has 0 saturated carbocycles. The first-order valence-corrected chi connectivity index (χ1v) is 5.67. The number of aryl methyl sites for hydroxylation is 1. The summed E-state index contributed by atoms with van der Waals surface area (Å²) in [5, 5.41) is 4.31. The molecular weight excluding hydrogens is 272 g/mol. The SMILES string of the molecule is Cn1ccc(CC(NN)c2ccoc2Br)n1. The Labute approximate surface area is 102 Å². The van der Waals surface area contributed by atoms with E-state index in [0.717, 1.165) is 17.7 Å². The Morgan fingerprint density at radius 2 is 2.44 bits per heavy atom. The van der Waals surface area contributed by atoms with E-state index >= 15 is 0 Å². The molecule has 0 fully saturated rings. The Kier molecular flexibility index (Phi) is 3.42. The molecule has 0 aliphatic carbocycles. The van der Waals surface area contributed by atoms with E-state index in [2.05, 4.69) is 26.5 Å². The van der Waals surface area contributed by atoms with Crippen LogP contribution < -0.4 is 11.3 Å². The van der Waals surface area contributed by atoms with E-state index in [1.165, 1.54) is 0 Å². The molecule has 0 amide bonds. The lowest BCUT2D eigenvalue weighted by Gasteiger charge is -2.12. The Morgan fingerprint density at radius 3 is 2.94 bits per heavy atom. The fourth-order valence-electron chi connectivity index (χ4n) is 1.59. The average molecular weight is 285 g/mol. The summed E-state index contributed by atoms with van der Waals surface area (Å²) in [4.78, 5) is 0. The summed E-state index contributed by atoms with van der Waals surface area (Å²) in [5.41, 5.74) is 4.74. The maximum atomic E-state index is 5.54. The molecule has 0 bridgehead atoms. The van der Waals surface area contributed by atoms with Gasteiger partial charge in [0.25, 0.3) is 0 Å². The lowest BCUT2D eigenvalue weighted by Crippen LogP contribution is -2.29. The second kappa shape index (κ2) is 4.82. The normalized spacial score (nSPS) is 12.9. The molecule has 0 aliphatic heterocycles. The van der Waals surface area contributed by atoms with E-state index in [0.29, 0.717) is 4.67 Å². The Balaban J connectivity index is 2.15. The third-order valence-electron chi connectivity index (χ3n) is 2.40. The quantitative estimate of drug-likeness (QED) is 0.660. The van der Waals surface area contributed by atoms with Gasteiger partial charge in [0.2, 0.25) is 0 Å². The van der Waals surface area contributed by atoms with Crippen molar-refractivity contribution in [2.24, 2.45) is 12.9 Å². The number of rotatable bonds is 4. The van der Waals surface area contributed by atoms with Crippen LogP contribution in [0.2, 0.25) is 0 Å². The van der Waals surface area contributed by atoms with Crippen LogP contribution in [0.25, 0.3) is 0 Å². The van der Waals surface area contributed by atoms with Gasteiger partial charge in [-0.15, -0.1) is 0 Å². The molecule has 5 nitrogen and oxygen atoms in total. The van der Waals surface area contributed by atoms with Crippen LogP contribution in [0.5, 0.6) is 0 Å². The molecule has 3 N–H and O–H groups in total. The van der Waals surface area contributed by atoms with Crippen molar-refractivity contribution in [3.8, 4) is 0 Å². The van der Waals surface area contributed by atoms with Gasteiger partial charge in [-0.05, 0) is 28.1 Å². The first-order chi connectivity index (χ1) is 7.70. The van der Waals surface area contributed by atoms with Crippen LogP contribution in [0, 0.1) is 0 Å². The molecule has 1 atom stereocenters. The van der Waals surface area contributed by atoms with Crippen LogP contribution in [0.4, 0.5) is 0 Å². The lowest BCUT2D eigenvalue weighted by atomic mass is 10.1. The average Bonchev–Trinajstić information content (AvgIpc) is 2.84. The number of hydrogen-bond acceptors (Lipinski definition) is 4. The van der Waals surface area contributed by atoms with E-state index in [-0.39, 0.29) is 6.04 Å². The van der Waals surface area contributed by atoms with Crippen molar-refractivity contribution in [1.82, 2.24) is 15.2 Å². The minimum absolute atomic E-state index is 0.0111. The molecular formula is C10H13BrN4O. The van der Waals surface area contributed by atoms with Gasteiger partial charge in [-0.3, -0.25) is 16.0 Å². The van der Waals surface area contributed by atoms with Gasteiger partial charge in [-0.1, -0.05) is 0 Å². The summed E-state index contributed by atoms with van der Waals surface area (Å²) in [6.07, 6.45) is 4.25. The molecule has 0 spiro atoms. The van der Waals surface area contributed by atoms with Crippen molar-refractivity contribution < 1.29 is 4.42 Å². The van der Waals surface area contributed by atoms with Crippen molar-refractivity contribution in [2.45, 2.75) is 12.5 Å². The van der Waals surface area contributed by atoms with E-state index in [9.17, 15) is 0 Å². The molecule has 2 rings (SSSR count). The molecule has 2 aromatic rings. The highest BCUT2D eigenvalue weighted by molar-refractivity contribution is 9.10. The topological polar surface area (TPSA) is 69.0 Å². The molecule has 0 aromatic carbocycles. The number of halogens is 1. The first-order valence-electron chi connectivity index (χ1n) is 4.88. The second-order valence-corrected chi connectivity index (χ2v) is 4.27. The summed E-state index contributed by atoms with van der Waals surface area (Å²) in [5.74, 6) is 5.54. The highest BCUT2D eigenvalue weighted by Gasteiger charge is 2.16. The Morgan fingerprint density at radius 1 is 1.62 bits per heavy atom. The maximum absolute atomic E-state index is 5.54. The number of furan rings is 1. The monoisotopic (exact) mass is 284 g/mol. The van der Waals surface area contributed by atoms with E-state index < -0.39 is 0 Å². The van der Waals surface area contributed by atoms with Gasteiger partial charge in [-0.25, -0.2) is 0 Å². The molecule has 2 aromatic heterocycles. The second-order valence-electron chi connectivity index (χ2n) is 3.55. The van der Waals surface area contributed by atoms with Gasteiger partial charge in [0.15, 0.2) is 4.67 Å². The fraction of sp³-hybridized carbons (Fsp3) is 0.300. The molecule has 0 aliphatic rings. The van der Waals surface area contributed by atoms with E-state index in [1.54, 1.807) is 10.9 Å². The number of hydrogen-bond donors (Lipinski definition) is 2. The predicted octanol–water partition coefficient (Wildman–Crippen LogP) is 1.52. The summed E-state index contributed by atoms with van der Waals surface area (Å²) in [6, 6.07) is 3.85. The number of nitrogens with zero attached hydrogens (tertiary/aromatic N) is 2. The largest absolute Gasteiger partial charge is 0.457 e. The summed E-state index contributed by atoms with van der Waals surface area (Å²) >= 11 is 3.34. The number of hydrazine groups is 1. The minimum atomic E-state index is -0.0111. The zero-order valence-corrected chi connectivity index (χ0v) is 10.4. The number of nitrogens with two attached hydrogens (primary N) is 1. The van der Waals surface area contributed by atoms with Gasteiger partial charge in [-0.2, -0.15) is 5.10 Å².